The summed E-state index contributed by atoms with van der Waals surface area (Å²) < 4.78 is 54.4. The van der Waals surface area contributed by atoms with Gasteiger partial charge in [-0.3, -0.25) is 4.79 Å². The zero-order chi connectivity index (χ0) is 24.7. The molecular formula is C27H20F3NO4. The number of carbonyl (C=O) groups excluding carboxylic acids is 1. The molecule has 1 heterocycles. The molecular weight excluding hydrogens is 459 g/mol. The molecule has 0 aliphatic rings. The number of hydrogen-bond donors (Lipinski definition) is 0. The lowest BCUT2D eigenvalue weighted by molar-refractivity contribution is -0.274. The number of carbonyl (C=O) groups is 1. The van der Waals surface area contributed by atoms with E-state index in [0.29, 0.717) is 17.4 Å². The number of ether oxygens (including phenoxy) is 3. The molecule has 0 fully saturated rings. The zero-order valence-corrected chi connectivity index (χ0v) is 18.4. The van der Waals surface area contributed by atoms with Gasteiger partial charge in [0.2, 0.25) is 11.8 Å². The van der Waals surface area contributed by atoms with Crippen LogP contribution in [-0.4, -0.2) is 17.6 Å². The fourth-order valence-electron chi connectivity index (χ4n) is 3.30. The average molecular weight is 479 g/mol. The molecule has 0 saturated carbocycles. The Hall–Kier alpha value is -4.33. The number of nitrogens with zero attached hydrogens (tertiary/aromatic N) is 1. The summed E-state index contributed by atoms with van der Waals surface area (Å²) in [5.41, 5.74) is 2.35. The fourth-order valence-corrected chi connectivity index (χ4v) is 3.30. The maximum atomic E-state index is 12.9. The van der Waals surface area contributed by atoms with E-state index in [0.717, 1.165) is 17.2 Å². The van der Waals surface area contributed by atoms with E-state index in [4.69, 9.17) is 9.47 Å². The van der Waals surface area contributed by atoms with Crippen molar-refractivity contribution in [1.29, 1.82) is 0 Å². The largest absolute Gasteiger partial charge is 0.573 e. The van der Waals surface area contributed by atoms with Gasteiger partial charge in [-0.1, -0.05) is 66.7 Å². The molecule has 0 amide bonds. The molecule has 0 atom stereocenters. The first-order valence-corrected chi connectivity index (χ1v) is 10.6. The minimum atomic E-state index is -4.95. The highest BCUT2D eigenvalue weighted by Gasteiger charge is 2.32. The molecule has 8 heteroatoms. The molecule has 178 valence electrons. The van der Waals surface area contributed by atoms with E-state index in [9.17, 15) is 18.0 Å². The fraction of sp³-hybridized carbons (Fsp3) is 0.111. The lowest BCUT2D eigenvalue weighted by Crippen LogP contribution is -2.18. The summed E-state index contributed by atoms with van der Waals surface area (Å²) in [7, 11) is 0. The summed E-state index contributed by atoms with van der Waals surface area (Å²) in [6, 6.07) is 26.0. The number of rotatable bonds is 9. The van der Waals surface area contributed by atoms with E-state index in [2.05, 4.69) is 9.72 Å². The molecule has 4 rings (SSSR count). The Morgan fingerprint density at radius 3 is 2.00 bits per heavy atom. The molecule has 1 aromatic heterocycles. The smallest absolute Gasteiger partial charge is 0.473 e. The molecule has 0 N–H and O–H groups in total. The first-order chi connectivity index (χ1) is 16.9. The van der Waals surface area contributed by atoms with Crippen LogP contribution >= 0.6 is 0 Å². The number of pyridine rings is 1. The maximum Gasteiger partial charge on any atom is 0.573 e. The van der Waals surface area contributed by atoms with Gasteiger partial charge in [0.15, 0.2) is 6.29 Å². The van der Waals surface area contributed by atoms with Crippen molar-refractivity contribution in [3.05, 3.63) is 108 Å². The van der Waals surface area contributed by atoms with Crippen LogP contribution < -0.4 is 14.2 Å². The van der Waals surface area contributed by atoms with Gasteiger partial charge in [-0.25, -0.2) is 0 Å². The topological polar surface area (TPSA) is 57.7 Å². The summed E-state index contributed by atoms with van der Waals surface area (Å²) in [4.78, 5) is 15.7. The number of alkyl halides is 3. The normalized spacial score (nSPS) is 11.1. The van der Waals surface area contributed by atoms with Crippen molar-refractivity contribution in [3.8, 4) is 28.6 Å². The first kappa shape index (κ1) is 23.8. The van der Waals surface area contributed by atoms with E-state index in [1.807, 2.05) is 60.7 Å². The van der Waals surface area contributed by atoms with Crippen molar-refractivity contribution in [2.75, 3.05) is 0 Å². The van der Waals surface area contributed by atoms with Crippen molar-refractivity contribution >= 4 is 6.29 Å². The van der Waals surface area contributed by atoms with Crippen molar-refractivity contribution in [1.82, 2.24) is 4.98 Å². The summed E-state index contributed by atoms with van der Waals surface area (Å²) in [6.45, 7) is 0.463. The molecule has 4 aromatic rings. The predicted octanol–water partition coefficient (Wildman–Crippen LogP) is 6.62. The predicted molar refractivity (Wildman–Crippen MR) is 123 cm³/mol. The van der Waals surface area contributed by atoms with Gasteiger partial charge in [0.25, 0.3) is 0 Å². The van der Waals surface area contributed by atoms with Gasteiger partial charge in [-0.2, -0.15) is 4.98 Å². The second-order valence-electron chi connectivity index (χ2n) is 7.47. The molecule has 0 radical (unpaired) electrons. The third kappa shape index (κ3) is 6.60. The van der Waals surface area contributed by atoms with Gasteiger partial charge >= 0.3 is 6.36 Å². The lowest BCUT2D eigenvalue weighted by Gasteiger charge is -2.15. The van der Waals surface area contributed by atoms with Crippen LogP contribution in [0.2, 0.25) is 0 Å². The Labute approximate surface area is 199 Å². The van der Waals surface area contributed by atoms with Crippen LogP contribution in [0, 0.1) is 0 Å². The minimum absolute atomic E-state index is 0.163. The van der Waals surface area contributed by atoms with Crippen molar-refractivity contribution in [2.45, 2.75) is 19.6 Å². The van der Waals surface area contributed by atoms with E-state index in [1.54, 1.807) is 12.1 Å². The maximum absolute atomic E-state index is 12.9. The highest BCUT2D eigenvalue weighted by atomic mass is 19.4. The number of aldehydes is 1. The van der Waals surface area contributed by atoms with Crippen LogP contribution in [0.4, 0.5) is 13.2 Å². The Kier molecular flexibility index (Phi) is 7.30. The zero-order valence-electron chi connectivity index (χ0n) is 18.4. The van der Waals surface area contributed by atoms with Gasteiger partial charge in [0.1, 0.15) is 19.0 Å². The van der Waals surface area contributed by atoms with Crippen molar-refractivity contribution < 1.29 is 32.2 Å². The van der Waals surface area contributed by atoms with Gasteiger partial charge in [-0.15, -0.1) is 13.2 Å². The van der Waals surface area contributed by atoms with Crippen LogP contribution in [0.15, 0.2) is 91.0 Å². The van der Waals surface area contributed by atoms with E-state index in [1.165, 1.54) is 12.1 Å². The standard InChI is InChI=1S/C27H20F3NO4/c28-27(29,30)35-24-15-21(11-12-22(24)16-32)23-13-14-25(33-17-19-7-3-1-4-8-19)31-26(23)34-18-20-9-5-2-6-10-20/h1-16H,17-18H2. The molecule has 0 aliphatic carbocycles. The van der Waals surface area contributed by atoms with Gasteiger partial charge < -0.3 is 14.2 Å². The molecule has 0 aliphatic heterocycles. The second-order valence-corrected chi connectivity index (χ2v) is 7.47. The van der Waals surface area contributed by atoms with Crippen molar-refractivity contribution in [2.24, 2.45) is 0 Å². The van der Waals surface area contributed by atoms with Gasteiger partial charge in [-0.05, 0) is 34.9 Å². The third-order valence-corrected chi connectivity index (χ3v) is 4.96. The third-order valence-electron chi connectivity index (χ3n) is 4.96. The minimum Gasteiger partial charge on any atom is -0.473 e. The second kappa shape index (κ2) is 10.7. The Bertz CT molecular complexity index is 1280. The molecule has 0 unspecified atom stereocenters. The number of aromatic nitrogens is 1. The Morgan fingerprint density at radius 1 is 0.771 bits per heavy atom. The molecule has 0 spiro atoms. The SMILES string of the molecule is O=Cc1ccc(-c2ccc(OCc3ccccc3)nc2OCc2ccccc2)cc1OC(F)(F)F. The van der Waals surface area contributed by atoms with Crippen LogP contribution in [0.1, 0.15) is 21.5 Å². The van der Waals surface area contributed by atoms with Gasteiger partial charge in [0, 0.05) is 11.6 Å². The highest BCUT2D eigenvalue weighted by molar-refractivity contribution is 5.82. The lowest BCUT2D eigenvalue weighted by atomic mass is 10.0. The molecule has 0 bridgehead atoms. The number of benzene rings is 3. The van der Waals surface area contributed by atoms with Gasteiger partial charge in [0.05, 0.1) is 5.56 Å². The molecule has 35 heavy (non-hydrogen) atoms. The number of hydrogen-bond acceptors (Lipinski definition) is 5. The van der Waals surface area contributed by atoms with Crippen LogP contribution in [0.3, 0.4) is 0 Å². The Balaban J connectivity index is 1.66. The molecule has 0 saturated heterocycles. The quantitative estimate of drug-likeness (QED) is 0.253. The first-order valence-electron chi connectivity index (χ1n) is 10.6. The highest BCUT2D eigenvalue weighted by Crippen LogP contribution is 2.35. The van der Waals surface area contributed by atoms with E-state index < -0.39 is 12.1 Å². The summed E-state index contributed by atoms with van der Waals surface area (Å²) in [5, 5.41) is 0. The van der Waals surface area contributed by atoms with Crippen LogP contribution in [-0.2, 0) is 13.2 Å². The summed E-state index contributed by atoms with van der Waals surface area (Å²) in [6.07, 6.45) is -4.65. The van der Waals surface area contributed by atoms with Crippen molar-refractivity contribution in [3.63, 3.8) is 0 Å². The molecule has 5 nitrogen and oxygen atoms in total. The summed E-state index contributed by atoms with van der Waals surface area (Å²) in [5.74, 6) is -0.156. The average Bonchev–Trinajstić information content (AvgIpc) is 2.86. The van der Waals surface area contributed by atoms with Crippen LogP contribution in [0.5, 0.6) is 17.5 Å². The summed E-state index contributed by atoms with van der Waals surface area (Å²) >= 11 is 0. The van der Waals surface area contributed by atoms with E-state index in [-0.39, 0.29) is 30.5 Å². The number of halogens is 3. The van der Waals surface area contributed by atoms with Crippen LogP contribution in [0.25, 0.3) is 11.1 Å². The Morgan fingerprint density at radius 2 is 1.40 bits per heavy atom. The van der Waals surface area contributed by atoms with E-state index >= 15 is 0 Å². The monoisotopic (exact) mass is 479 g/mol. The molecule has 3 aromatic carbocycles.